The second-order valence-corrected chi connectivity index (χ2v) is 6.57. The minimum Gasteiger partial charge on any atom is -0.357 e. The molecule has 0 unspecified atom stereocenters. The van der Waals surface area contributed by atoms with E-state index in [4.69, 9.17) is 4.99 Å². The van der Waals surface area contributed by atoms with Crippen molar-refractivity contribution in [3.05, 3.63) is 12.7 Å². The van der Waals surface area contributed by atoms with Crippen molar-refractivity contribution in [2.24, 2.45) is 4.99 Å². The first-order valence-corrected chi connectivity index (χ1v) is 9.76. The summed E-state index contributed by atoms with van der Waals surface area (Å²) in [6, 6.07) is 0. The topological polar surface area (TPSA) is 34.1 Å². The van der Waals surface area contributed by atoms with Gasteiger partial charge in [-0.05, 0) is 32.7 Å². The van der Waals surface area contributed by atoms with Crippen LogP contribution in [0, 0.1) is 0 Å². The first-order valence-electron chi connectivity index (χ1n) is 9.76. The summed E-state index contributed by atoms with van der Waals surface area (Å²) in [5, 5.41) is 3.42. The van der Waals surface area contributed by atoms with Crippen LogP contribution in [0.4, 0.5) is 0 Å². The van der Waals surface area contributed by atoms with Crippen LogP contribution >= 0.6 is 24.0 Å². The van der Waals surface area contributed by atoms with Crippen LogP contribution in [0.1, 0.15) is 39.5 Å². The first kappa shape index (κ1) is 24.7. The number of likely N-dealkylation sites (N-methyl/N-ethyl adjacent to an activating group) is 1. The molecular weight excluding hydrogens is 425 g/mol. The van der Waals surface area contributed by atoms with Crippen molar-refractivity contribution in [3.63, 3.8) is 0 Å². The summed E-state index contributed by atoms with van der Waals surface area (Å²) < 4.78 is 0. The molecule has 0 aliphatic carbocycles. The van der Waals surface area contributed by atoms with E-state index in [1.807, 2.05) is 6.08 Å². The van der Waals surface area contributed by atoms with E-state index in [-0.39, 0.29) is 24.0 Å². The van der Waals surface area contributed by atoms with Crippen LogP contribution in [0.2, 0.25) is 0 Å². The van der Waals surface area contributed by atoms with Crippen LogP contribution in [0.15, 0.2) is 17.6 Å². The minimum absolute atomic E-state index is 0. The highest BCUT2D eigenvalue weighted by molar-refractivity contribution is 14.0. The molecule has 148 valence electrons. The Bertz CT molecular complexity index is 354. The van der Waals surface area contributed by atoms with E-state index in [0.29, 0.717) is 0 Å². The predicted molar refractivity (Wildman–Crippen MR) is 121 cm³/mol. The Kier molecular flexibility index (Phi) is 15.7. The van der Waals surface area contributed by atoms with Crippen molar-refractivity contribution in [2.75, 3.05) is 66.0 Å². The molecule has 5 nitrogen and oxygen atoms in total. The number of piperazine rings is 1. The quantitative estimate of drug-likeness (QED) is 0.167. The maximum atomic E-state index is 4.82. The molecule has 0 atom stereocenters. The van der Waals surface area contributed by atoms with Gasteiger partial charge in [0.05, 0.1) is 6.54 Å². The van der Waals surface area contributed by atoms with Gasteiger partial charge in [-0.2, -0.15) is 0 Å². The normalized spacial score (nSPS) is 16.4. The molecule has 1 rings (SSSR count). The van der Waals surface area contributed by atoms with Crippen LogP contribution in [0.25, 0.3) is 0 Å². The third-order valence-electron chi connectivity index (χ3n) is 4.69. The van der Waals surface area contributed by atoms with Gasteiger partial charge in [0.2, 0.25) is 0 Å². The van der Waals surface area contributed by atoms with Gasteiger partial charge in [0.15, 0.2) is 5.96 Å². The number of guanidine groups is 1. The maximum absolute atomic E-state index is 4.82. The van der Waals surface area contributed by atoms with E-state index in [2.05, 4.69) is 47.5 Å². The summed E-state index contributed by atoms with van der Waals surface area (Å²) in [6.07, 6.45) is 6.86. The Hall–Kier alpha value is -0.340. The monoisotopic (exact) mass is 465 g/mol. The molecule has 0 radical (unpaired) electrons. The van der Waals surface area contributed by atoms with Gasteiger partial charge in [-0.1, -0.05) is 19.4 Å². The zero-order valence-electron chi connectivity index (χ0n) is 16.7. The van der Waals surface area contributed by atoms with E-state index in [9.17, 15) is 0 Å². The van der Waals surface area contributed by atoms with Crippen LogP contribution < -0.4 is 5.32 Å². The van der Waals surface area contributed by atoms with Crippen LogP contribution in [-0.2, 0) is 0 Å². The van der Waals surface area contributed by atoms with Crippen molar-refractivity contribution in [2.45, 2.75) is 39.5 Å². The van der Waals surface area contributed by atoms with Crippen LogP contribution in [0.5, 0.6) is 0 Å². The summed E-state index contributed by atoms with van der Waals surface area (Å²) in [5.41, 5.74) is 0. The zero-order chi connectivity index (χ0) is 17.6. The van der Waals surface area contributed by atoms with E-state index >= 15 is 0 Å². The Morgan fingerprint density at radius 3 is 2.40 bits per heavy atom. The summed E-state index contributed by atoms with van der Waals surface area (Å²) in [6.45, 7) is 18.0. The van der Waals surface area contributed by atoms with E-state index in [1.54, 1.807) is 0 Å². The van der Waals surface area contributed by atoms with Gasteiger partial charge in [0, 0.05) is 52.9 Å². The fourth-order valence-electron chi connectivity index (χ4n) is 3.02. The summed E-state index contributed by atoms with van der Waals surface area (Å²) in [5.74, 6) is 1.05. The molecule has 1 fully saturated rings. The standard InChI is InChI=1S/C19H39N5.HI/c1-5-8-9-10-11-13-22(4)19(20-6-2)21-12-14-24-17-15-23(7-3)16-18-24;/h5H,1,6-18H2,2-4H3,(H,20,21);1H. The smallest absolute Gasteiger partial charge is 0.193 e. The molecule has 1 heterocycles. The molecule has 0 amide bonds. The zero-order valence-corrected chi connectivity index (χ0v) is 19.0. The van der Waals surface area contributed by atoms with E-state index in [0.717, 1.165) is 38.6 Å². The molecule has 25 heavy (non-hydrogen) atoms. The number of rotatable bonds is 11. The highest BCUT2D eigenvalue weighted by atomic mass is 127. The Morgan fingerprint density at radius 2 is 1.80 bits per heavy atom. The van der Waals surface area contributed by atoms with Crippen molar-refractivity contribution in [1.29, 1.82) is 0 Å². The van der Waals surface area contributed by atoms with Gasteiger partial charge in [0.1, 0.15) is 0 Å². The lowest BCUT2D eigenvalue weighted by Crippen LogP contribution is -2.47. The molecule has 0 aromatic rings. The molecule has 0 saturated carbocycles. The predicted octanol–water partition coefficient (Wildman–Crippen LogP) is 2.89. The Labute approximate surface area is 172 Å². The second-order valence-electron chi connectivity index (χ2n) is 6.57. The number of nitrogens with zero attached hydrogens (tertiary/aromatic N) is 4. The SMILES string of the molecule is C=CCCCCCN(C)C(=NCCN1CCN(CC)CC1)NCC.I. The fourth-order valence-corrected chi connectivity index (χ4v) is 3.02. The largest absolute Gasteiger partial charge is 0.357 e. The molecule has 1 saturated heterocycles. The van der Waals surface area contributed by atoms with Gasteiger partial charge in [-0.15, -0.1) is 30.6 Å². The van der Waals surface area contributed by atoms with Gasteiger partial charge in [0.25, 0.3) is 0 Å². The number of aliphatic imine (C=N–C) groups is 1. The van der Waals surface area contributed by atoms with Gasteiger partial charge < -0.3 is 15.1 Å². The number of hydrogen-bond acceptors (Lipinski definition) is 3. The van der Waals surface area contributed by atoms with E-state index < -0.39 is 0 Å². The number of allylic oxidation sites excluding steroid dienone is 1. The highest BCUT2D eigenvalue weighted by Gasteiger charge is 2.14. The lowest BCUT2D eigenvalue weighted by molar-refractivity contribution is 0.140. The van der Waals surface area contributed by atoms with Gasteiger partial charge in [-0.25, -0.2) is 0 Å². The summed E-state index contributed by atoms with van der Waals surface area (Å²) in [7, 11) is 2.15. The molecule has 1 aliphatic heterocycles. The average molecular weight is 465 g/mol. The van der Waals surface area contributed by atoms with Crippen LogP contribution in [0.3, 0.4) is 0 Å². The van der Waals surface area contributed by atoms with E-state index in [1.165, 1.54) is 52.0 Å². The molecule has 6 heteroatoms. The highest BCUT2D eigenvalue weighted by Crippen LogP contribution is 2.03. The first-order chi connectivity index (χ1) is 11.7. The van der Waals surface area contributed by atoms with Gasteiger partial charge in [-0.3, -0.25) is 9.89 Å². The van der Waals surface area contributed by atoms with Crippen molar-refractivity contribution in [1.82, 2.24) is 20.0 Å². The third-order valence-corrected chi connectivity index (χ3v) is 4.69. The molecule has 0 aromatic heterocycles. The van der Waals surface area contributed by atoms with Crippen LogP contribution in [-0.4, -0.2) is 86.6 Å². The summed E-state index contributed by atoms with van der Waals surface area (Å²) >= 11 is 0. The molecule has 0 spiro atoms. The molecule has 1 N–H and O–H groups in total. The Morgan fingerprint density at radius 1 is 1.12 bits per heavy atom. The molecule has 0 bridgehead atoms. The van der Waals surface area contributed by atoms with Gasteiger partial charge >= 0.3 is 0 Å². The fraction of sp³-hybridized carbons (Fsp3) is 0.842. The van der Waals surface area contributed by atoms with Crippen molar-refractivity contribution >= 4 is 29.9 Å². The number of hydrogen-bond donors (Lipinski definition) is 1. The maximum Gasteiger partial charge on any atom is 0.193 e. The molecule has 1 aliphatic rings. The number of halogens is 1. The number of nitrogens with one attached hydrogen (secondary N) is 1. The second kappa shape index (κ2) is 15.9. The summed E-state index contributed by atoms with van der Waals surface area (Å²) in [4.78, 5) is 12.1. The lowest BCUT2D eigenvalue weighted by atomic mass is 10.2. The Balaban J connectivity index is 0.00000576. The molecule has 0 aromatic carbocycles. The third kappa shape index (κ3) is 11.1. The number of unbranched alkanes of at least 4 members (excludes halogenated alkanes) is 3. The molecular formula is C19H40IN5. The van der Waals surface area contributed by atoms with Crippen molar-refractivity contribution in [3.8, 4) is 0 Å². The average Bonchev–Trinajstić information content (AvgIpc) is 2.61. The van der Waals surface area contributed by atoms with Crippen molar-refractivity contribution < 1.29 is 0 Å². The minimum atomic E-state index is 0. The lowest BCUT2D eigenvalue weighted by Gasteiger charge is -2.33.